The second kappa shape index (κ2) is 7.48. The number of esters is 1. The molecule has 0 radical (unpaired) electrons. The van der Waals surface area contributed by atoms with Crippen LogP contribution >= 0.6 is 0 Å². The maximum Gasteiger partial charge on any atom is 0.410 e. The predicted molar refractivity (Wildman–Crippen MR) is 80.9 cm³/mol. The standard InChI is InChI=1S/C16H27NO4/c1-6-7-13-11-17(15(19)21-16(2,3)4)9-8-12(13)10-14(18)20-5/h10,13H,6-9,11H2,1-5H3/b12-10-. The van der Waals surface area contributed by atoms with Crippen molar-refractivity contribution >= 4 is 12.1 Å². The summed E-state index contributed by atoms with van der Waals surface area (Å²) in [5, 5.41) is 0. The van der Waals surface area contributed by atoms with Crippen LogP contribution in [0, 0.1) is 5.92 Å². The largest absolute Gasteiger partial charge is 0.466 e. The number of piperidine rings is 1. The summed E-state index contributed by atoms with van der Waals surface area (Å²) in [7, 11) is 1.38. The fourth-order valence-electron chi connectivity index (χ4n) is 2.46. The molecular formula is C16H27NO4. The van der Waals surface area contributed by atoms with E-state index in [2.05, 4.69) is 6.92 Å². The number of nitrogens with zero attached hydrogens (tertiary/aromatic N) is 1. The molecule has 1 aliphatic rings. The van der Waals surface area contributed by atoms with Gasteiger partial charge in [-0.05, 0) is 39.5 Å². The van der Waals surface area contributed by atoms with Crippen LogP contribution in [0.3, 0.4) is 0 Å². The summed E-state index contributed by atoms with van der Waals surface area (Å²) in [5.74, 6) is -0.118. The number of hydrogen-bond donors (Lipinski definition) is 0. The quantitative estimate of drug-likeness (QED) is 0.593. The maximum atomic E-state index is 12.1. The Morgan fingerprint density at radius 3 is 2.57 bits per heavy atom. The van der Waals surface area contributed by atoms with E-state index in [4.69, 9.17) is 9.47 Å². The van der Waals surface area contributed by atoms with Gasteiger partial charge in [0, 0.05) is 19.2 Å². The predicted octanol–water partition coefficient (Wildman–Crippen LogP) is 3.14. The van der Waals surface area contributed by atoms with Crippen LogP contribution in [-0.2, 0) is 14.3 Å². The molecule has 1 aliphatic heterocycles. The molecule has 0 spiro atoms. The van der Waals surface area contributed by atoms with Crippen LogP contribution in [0.1, 0.15) is 47.0 Å². The van der Waals surface area contributed by atoms with E-state index in [0.717, 1.165) is 18.4 Å². The Morgan fingerprint density at radius 2 is 2.05 bits per heavy atom. The molecule has 21 heavy (non-hydrogen) atoms. The summed E-state index contributed by atoms with van der Waals surface area (Å²) < 4.78 is 10.1. The van der Waals surface area contributed by atoms with E-state index < -0.39 is 5.60 Å². The van der Waals surface area contributed by atoms with Crippen molar-refractivity contribution in [1.29, 1.82) is 0 Å². The third kappa shape index (κ3) is 5.78. The first-order valence-electron chi connectivity index (χ1n) is 7.53. The van der Waals surface area contributed by atoms with Gasteiger partial charge in [-0.15, -0.1) is 0 Å². The van der Waals surface area contributed by atoms with Gasteiger partial charge in [0.1, 0.15) is 5.60 Å². The van der Waals surface area contributed by atoms with Crippen LogP contribution in [0.2, 0.25) is 0 Å². The molecule has 1 saturated heterocycles. The lowest BCUT2D eigenvalue weighted by atomic mass is 9.88. The maximum absolute atomic E-state index is 12.1. The minimum atomic E-state index is -0.487. The highest BCUT2D eigenvalue weighted by Crippen LogP contribution is 2.27. The monoisotopic (exact) mass is 297 g/mol. The number of likely N-dealkylation sites (tertiary alicyclic amines) is 1. The number of rotatable bonds is 3. The highest BCUT2D eigenvalue weighted by molar-refractivity contribution is 5.82. The van der Waals surface area contributed by atoms with Gasteiger partial charge >= 0.3 is 12.1 Å². The summed E-state index contributed by atoms with van der Waals surface area (Å²) in [6.45, 7) is 8.87. The van der Waals surface area contributed by atoms with E-state index >= 15 is 0 Å². The van der Waals surface area contributed by atoms with Crippen LogP contribution < -0.4 is 0 Å². The molecule has 120 valence electrons. The first-order chi connectivity index (χ1) is 9.76. The number of hydrogen-bond acceptors (Lipinski definition) is 4. The summed E-state index contributed by atoms with van der Waals surface area (Å²) in [6.07, 6.45) is 3.94. The lowest BCUT2D eigenvalue weighted by molar-refractivity contribution is -0.134. The third-order valence-electron chi connectivity index (χ3n) is 3.43. The molecule has 1 heterocycles. The minimum Gasteiger partial charge on any atom is -0.466 e. The fourth-order valence-corrected chi connectivity index (χ4v) is 2.46. The van der Waals surface area contributed by atoms with Crippen LogP contribution in [0.5, 0.6) is 0 Å². The number of carbonyl (C=O) groups is 2. The highest BCUT2D eigenvalue weighted by Gasteiger charge is 2.30. The van der Waals surface area contributed by atoms with E-state index in [0.29, 0.717) is 19.5 Å². The van der Waals surface area contributed by atoms with Crippen molar-refractivity contribution in [3.63, 3.8) is 0 Å². The van der Waals surface area contributed by atoms with Crippen molar-refractivity contribution in [2.24, 2.45) is 5.92 Å². The first-order valence-corrected chi connectivity index (χ1v) is 7.53. The van der Waals surface area contributed by atoms with Crippen molar-refractivity contribution in [1.82, 2.24) is 4.90 Å². The van der Waals surface area contributed by atoms with Crippen LogP contribution in [0.25, 0.3) is 0 Å². The second-order valence-corrected chi connectivity index (χ2v) is 6.40. The molecule has 1 rings (SSSR count). The van der Waals surface area contributed by atoms with Gasteiger partial charge < -0.3 is 14.4 Å². The number of carbonyl (C=O) groups excluding carboxylic acids is 2. The number of ether oxygens (including phenoxy) is 2. The Balaban J connectivity index is 2.75. The summed E-state index contributed by atoms with van der Waals surface area (Å²) >= 11 is 0. The lowest BCUT2D eigenvalue weighted by Gasteiger charge is -2.35. The molecule has 0 N–H and O–H groups in total. The van der Waals surface area contributed by atoms with Crippen molar-refractivity contribution in [3.8, 4) is 0 Å². The smallest absolute Gasteiger partial charge is 0.410 e. The van der Waals surface area contributed by atoms with Gasteiger partial charge in [-0.3, -0.25) is 0 Å². The summed E-state index contributed by atoms with van der Waals surface area (Å²) in [5.41, 5.74) is 0.586. The SMILES string of the molecule is CCCC1CN(C(=O)OC(C)(C)C)CC/C1=C/C(=O)OC. The molecule has 1 atom stereocenters. The van der Waals surface area contributed by atoms with Gasteiger partial charge in [0.2, 0.25) is 0 Å². The van der Waals surface area contributed by atoms with Gasteiger partial charge in [0.25, 0.3) is 0 Å². The van der Waals surface area contributed by atoms with E-state index in [9.17, 15) is 9.59 Å². The topological polar surface area (TPSA) is 55.8 Å². The van der Waals surface area contributed by atoms with Crippen molar-refractivity contribution in [2.45, 2.75) is 52.6 Å². The Labute approximate surface area is 127 Å². The summed E-state index contributed by atoms with van der Waals surface area (Å²) in [4.78, 5) is 25.3. The Bertz CT molecular complexity index is 409. The van der Waals surface area contributed by atoms with Gasteiger partial charge in [-0.2, -0.15) is 0 Å². The van der Waals surface area contributed by atoms with Crippen molar-refractivity contribution in [3.05, 3.63) is 11.6 Å². The van der Waals surface area contributed by atoms with E-state index in [1.54, 1.807) is 11.0 Å². The van der Waals surface area contributed by atoms with Crippen molar-refractivity contribution in [2.75, 3.05) is 20.2 Å². The van der Waals surface area contributed by atoms with Crippen molar-refractivity contribution < 1.29 is 19.1 Å². The van der Waals surface area contributed by atoms with Gasteiger partial charge in [-0.1, -0.05) is 18.9 Å². The normalized spacial score (nSPS) is 21.3. The third-order valence-corrected chi connectivity index (χ3v) is 3.43. The molecule has 5 heteroatoms. The Hall–Kier alpha value is -1.52. The molecule has 0 bridgehead atoms. The zero-order chi connectivity index (χ0) is 16.0. The Kier molecular flexibility index (Phi) is 6.24. The number of methoxy groups -OCH3 is 1. The fraction of sp³-hybridized carbons (Fsp3) is 0.750. The Morgan fingerprint density at radius 1 is 1.38 bits per heavy atom. The number of amides is 1. The molecule has 5 nitrogen and oxygen atoms in total. The average Bonchev–Trinajstić information content (AvgIpc) is 2.38. The molecule has 0 saturated carbocycles. The summed E-state index contributed by atoms with van der Waals surface area (Å²) in [6, 6.07) is 0. The molecule has 0 aliphatic carbocycles. The van der Waals surface area contributed by atoms with Gasteiger partial charge in [0.15, 0.2) is 0 Å². The van der Waals surface area contributed by atoms with E-state index in [1.165, 1.54) is 7.11 Å². The zero-order valence-corrected chi connectivity index (χ0v) is 13.8. The van der Waals surface area contributed by atoms with Crippen LogP contribution in [0.15, 0.2) is 11.6 Å². The molecule has 0 aromatic carbocycles. The van der Waals surface area contributed by atoms with E-state index in [1.807, 2.05) is 20.8 Å². The van der Waals surface area contributed by atoms with Gasteiger partial charge in [-0.25, -0.2) is 9.59 Å². The highest BCUT2D eigenvalue weighted by atomic mass is 16.6. The molecule has 1 fully saturated rings. The average molecular weight is 297 g/mol. The molecule has 1 unspecified atom stereocenters. The second-order valence-electron chi connectivity index (χ2n) is 6.40. The van der Waals surface area contributed by atoms with Crippen LogP contribution in [-0.4, -0.2) is 42.8 Å². The molecule has 0 aromatic heterocycles. The lowest BCUT2D eigenvalue weighted by Crippen LogP contribution is -2.43. The first kappa shape index (κ1) is 17.5. The van der Waals surface area contributed by atoms with Crippen LogP contribution in [0.4, 0.5) is 4.79 Å². The molecule has 1 amide bonds. The zero-order valence-electron chi connectivity index (χ0n) is 13.8. The van der Waals surface area contributed by atoms with Gasteiger partial charge in [0.05, 0.1) is 7.11 Å². The molecule has 0 aromatic rings. The minimum absolute atomic E-state index is 0.204. The van der Waals surface area contributed by atoms with E-state index in [-0.39, 0.29) is 18.0 Å². The molecular weight excluding hydrogens is 270 g/mol.